The van der Waals surface area contributed by atoms with E-state index in [1.807, 2.05) is 0 Å². The van der Waals surface area contributed by atoms with Gasteiger partial charge in [-0.1, -0.05) is 0 Å². The molecule has 2 rings (SSSR count). The Balaban J connectivity index is 1.80. The summed E-state index contributed by atoms with van der Waals surface area (Å²) in [6.07, 6.45) is 3.14. The van der Waals surface area contributed by atoms with Crippen LogP contribution in [0.2, 0.25) is 0 Å². The summed E-state index contributed by atoms with van der Waals surface area (Å²) in [7, 11) is 0. The number of carbonyl (C=O) groups excluding carboxylic acids is 2. The maximum absolute atomic E-state index is 11.5. The number of anilines is 1. The first-order valence-electron chi connectivity index (χ1n) is 5.12. The van der Waals surface area contributed by atoms with Crippen LogP contribution in [-0.4, -0.2) is 28.3 Å². The minimum atomic E-state index is -0.363. The van der Waals surface area contributed by atoms with Crippen LogP contribution in [-0.2, 0) is 4.79 Å². The van der Waals surface area contributed by atoms with E-state index in [4.69, 9.17) is 0 Å². The monoisotopic (exact) mass is 262 g/mol. The highest BCUT2D eigenvalue weighted by Crippen LogP contribution is 2.02. The summed E-state index contributed by atoms with van der Waals surface area (Å²) in [5, 5.41) is 6.71. The number of hydrogen-bond donors (Lipinski definition) is 2. The molecule has 0 bridgehead atoms. The number of amides is 2. The fourth-order valence-electron chi connectivity index (χ4n) is 1.22. The number of carbonyl (C=O) groups is 2. The van der Waals surface area contributed by atoms with E-state index in [1.165, 1.54) is 17.5 Å². The molecule has 2 aromatic rings. The summed E-state index contributed by atoms with van der Waals surface area (Å²) >= 11 is 1.32. The van der Waals surface area contributed by atoms with Crippen LogP contribution in [0.15, 0.2) is 35.4 Å². The van der Waals surface area contributed by atoms with E-state index < -0.39 is 0 Å². The van der Waals surface area contributed by atoms with Crippen molar-refractivity contribution in [2.45, 2.75) is 0 Å². The maximum Gasteiger partial charge on any atom is 0.271 e. The van der Waals surface area contributed by atoms with Gasteiger partial charge in [-0.15, -0.1) is 11.3 Å². The van der Waals surface area contributed by atoms with Gasteiger partial charge in [0.2, 0.25) is 5.91 Å². The highest BCUT2D eigenvalue weighted by atomic mass is 32.1. The van der Waals surface area contributed by atoms with E-state index in [2.05, 4.69) is 20.6 Å². The summed E-state index contributed by atoms with van der Waals surface area (Å²) < 4.78 is 0. The fourth-order valence-corrected chi connectivity index (χ4v) is 1.75. The molecule has 0 saturated carbocycles. The second-order valence-electron chi connectivity index (χ2n) is 3.35. The minimum absolute atomic E-state index is 0.106. The summed E-state index contributed by atoms with van der Waals surface area (Å²) in [4.78, 5) is 30.7. The van der Waals surface area contributed by atoms with E-state index in [0.717, 1.165) is 0 Å². The minimum Gasteiger partial charge on any atom is -0.342 e. The van der Waals surface area contributed by atoms with Crippen LogP contribution >= 0.6 is 11.3 Å². The van der Waals surface area contributed by atoms with Crippen molar-refractivity contribution in [2.24, 2.45) is 0 Å². The third-order valence-electron chi connectivity index (χ3n) is 2.02. The normalized spacial score (nSPS) is 9.78. The van der Waals surface area contributed by atoms with Crippen molar-refractivity contribution in [1.29, 1.82) is 0 Å². The zero-order chi connectivity index (χ0) is 12.8. The second-order valence-corrected chi connectivity index (χ2v) is 4.06. The van der Waals surface area contributed by atoms with Gasteiger partial charge >= 0.3 is 0 Å². The van der Waals surface area contributed by atoms with E-state index in [1.54, 1.807) is 29.2 Å². The van der Waals surface area contributed by atoms with Gasteiger partial charge in [0.15, 0.2) is 0 Å². The highest BCUT2D eigenvalue weighted by molar-refractivity contribution is 7.07. The van der Waals surface area contributed by atoms with Gasteiger partial charge in [0.05, 0.1) is 23.9 Å². The molecule has 92 valence electrons. The Labute approximate surface area is 107 Å². The van der Waals surface area contributed by atoms with Crippen LogP contribution < -0.4 is 10.6 Å². The third-order valence-corrected chi connectivity index (χ3v) is 2.61. The number of hydrogen-bond acceptors (Lipinski definition) is 5. The molecule has 2 aromatic heterocycles. The lowest BCUT2D eigenvalue weighted by Gasteiger charge is -2.05. The standard InChI is InChI=1S/C11H10N4O2S/c16-10(15-8-2-1-3-12-4-8)5-13-11(17)9-6-18-7-14-9/h1-4,6-7H,5H2,(H,13,17)(H,15,16). The Morgan fingerprint density at radius 2 is 2.28 bits per heavy atom. The topological polar surface area (TPSA) is 84.0 Å². The van der Waals surface area contributed by atoms with Crippen molar-refractivity contribution in [3.63, 3.8) is 0 Å². The van der Waals surface area contributed by atoms with Gasteiger partial charge in [-0.2, -0.15) is 0 Å². The molecular weight excluding hydrogens is 252 g/mol. The number of thiazole rings is 1. The maximum atomic E-state index is 11.5. The number of pyridine rings is 1. The van der Waals surface area contributed by atoms with Crippen LogP contribution in [0.4, 0.5) is 5.69 Å². The highest BCUT2D eigenvalue weighted by Gasteiger charge is 2.09. The van der Waals surface area contributed by atoms with E-state index >= 15 is 0 Å². The lowest BCUT2D eigenvalue weighted by atomic mass is 10.4. The molecule has 0 aromatic carbocycles. The van der Waals surface area contributed by atoms with Crippen molar-refractivity contribution >= 4 is 28.8 Å². The van der Waals surface area contributed by atoms with Crippen LogP contribution in [0.25, 0.3) is 0 Å². The number of rotatable bonds is 4. The molecule has 0 aliphatic rings. The fraction of sp³-hybridized carbons (Fsp3) is 0.0909. The molecule has 2 N–H and O–H groups in total. The predicted molar refractivity (Wildman–Crippen MR) is 67.3 cm³/mol. The van der Waals surface area contributed by atoms with E-state index in [-0.39, 0.29) is 18.4 Å². The SMILES string of the molecule is O=C(CNC(=O)c1cscn1)Nc1cccnc1. The quantitative estimate of drug-likeness (QED) is 0.857. The number of nitrogens with one attached hydrogen (secondary N) is 2. The summed E-state index contributed by atoms with van der Waals surface area (Å²) in [6, 6.07) is 3.43. The van der Waals surface area contributed by atoms with Crippen molar-refractivity contribution in [1.82, 2.24) is 15.3 Å². The van der Waals surface area contributed by atoms with Gasteiger partial charge in [0, 0.05) is 11.6 Å². The molecule has 0 spiro atoms. The third kappa shape index (κ3) is 3.36. The molecule has 0 aliphatic heterocycles. The smallest absolute Gasteiger partial charge is 0.271 e. The molecule has 2 heterocycles. The van der Waals surface area contributed by atoms with Crippen LogP contribution in [0.3, 0.4) is 0 Å². The Morgan fingerprint density at radius 3 is 2.94 bits per heavy atom. The van der Waals surface area contributed by atoms with Crippen molar-refractivity contribution in [3.05, 3.63) is 41.1 Å². The molecule has 0 fully saturated rings. The van der Waals surface area contributed by atoms with E-state index in [0.29, 0.717) is 11.4 Å². The van der Waals surface area contributed by atoms with Gasteiger partial charge in [-0.3, -0.25) is 14.6 Å². The second kappa shape index (κ2) is 5.87. The molecule has 0 radical (unpaired) electrons. The summed E-state index contributed by atoms with van der Waals surface area (Å²) in [5.41, 5.74) is 2.46. The van der Waals surface area contributed by atoms with E-state index in [9.17, 15) is 9.59 Å². The molecule has 0 aliphatic carbocycles. The van der Waals surface area contributed by atoms with Crippen LogP contribution in [0, 0.1) is 0 Å². The van der Waals surface area contributed by atoms with Gasteiger partial charge < -0.3 is 10.6 Å². The first kappa shape index (κ1) is 12.2. The molecule has 0 saturated heterocycles. The largest absolute Gasteiger partial charge is 0.342 e. The average molecular weight is 262 g/mol. The number of nitrogens with zero attached hydrogens (tertiary/aromatic N) is 2. The molecular formula is C11H10N4O2S. The Kier molecular flexibility index (Phi) is 3.98. The Morgan fingerprint density at radius 1 is 1.39 bits per heavy atom. The van der Waals surface area contributed by atoms with Crippen LogP contribution in [0.1, 0.15) is 10.5 Å². The van der Waals surface area contributed by atoms with Crippen molar-refractivity contribution in [2.75, 3.05) is 11.9 Å². The molecule has 2 amide bonds. The Hall–Kier alpha value is -2.28. The molecule has 6 nitrogen and oxygen atoms in total. The summed E-state index contributed by atoms with van der Waals surface area (Å²) in [5.74, 6) is -0.677. The average Bonchev–Trinajstić information content (AvgIpc) is 2.91. The van der Waals surface area contributed by atoms with Crippen molar-refractivity contribution in [3.8, 4) is 0 Å². The Bertz CT molecular complexity index is 527. The summed E-state index contributed by atoms with van der Waals surface area (Å²) in [6.45, 7) is -0.106. The molecule has 18 heavy (non-hydrogen) atoms. The molecule has 0 unspecified atom stereocenters. The van der Waals surface area contributed by atoms with Gasteiger partial charge in [-0.05, 0) is 12.1 Å². The number of aromatic nitrogens is 2. The lowest BCUT2D eigenvalue weighted by Crippen LogP contribution is -2.33. The lowest BCUT2D eigenvalue weighted by molar-refractivity contribution is -0.115. The zero-order valence-corrected chi connectivity index (χ0v) is 10.1. The molecule has 0 atom stereocenters. The first-order valence-corrected chi connectivity index (χ1v) is 6.06. The van der Waals surface area contributed by atoms with Crippen LogP contribution in [0.5, 0.6) is 0 Å². The van der Waals surface area contributed by atoms with Gasteiger partial charge in [-0.25, -0.2) is 4.98 Å². The van der Waals surface area contributed by atoms with Gasteiger partial charge in [0.25, 0.3) is 5.91 Å². The molecule has 7 heteroatoms. The van der Waals surface area contributed by atoms with Crippen molar-refractivity contribution < 1.29 is 9.59 Å². The predicted octanol–water partition coefficient (Wildman–Crippen LogP) is 0.907. The zero-order valence-electron chi connectivity index (χ0n) is 9.29. The van der Waals surface area contributed by atoms with Gasteiger partial charge in [0.1, 0.15) is 5.69 Å². The first-order chi connectivity index (χ1) is 8.75.